The van der Waals surface area contributed by atoms with Crippen LogP contribution in [0.3, 0.4) is 0 Å². The number of nitrogens with two attached hydrogens (primary N) is 1. The number of hydrogen-bond acceptors (Lipinski definition) is 3. The van der Waals surface area contributed by atoms with Crippen molar-refractivity contribution in [1.29, 1.82) is 0 Å². The maximum atomic E-state index is 12.6. The molecule has 0 saturated heterocycles. The van der Waals surface area contributed by atoms with Crippen LogP contribution in [0.25, 0.3) is 11.1 Å². The molecule has 0 aliphatic rings. The van der Waals surface area contributed by atoms with Gasteiger partial charge in [0.25, 0.3) is 5.91 Å². The summed E-state index contributed by atoms with van der Waals surface area (Å²) in [4.78, 5) is 12.6. The van der Waals surface area contributed by atoms with Crippen LogP contribution in [-0.4, -0.2) is 24.7 Å². The smallest absolute Gasteiger partial charge is 0.251 e. The van der Waals surface area contributed by atoms with Gasteiger partial charge in [0, 0.05) is 23.5 Å². The van der Waals surface area contributed by atoms with Crippen LogP contribution in [0.15, 0.2) is 42.5 Å². The molecule has 3 aromatic rings. The maximum absolute atomic E-state index is 12.6. The highest BCUT2D eigenvalue weighted by Gasteiger charge is 2.25. The van der Waals surface area contributed by atoms with Crippen LogP contribution in [0, 0.1) is 13.8 Å². The van der Waals surface area contributed by atoms with Crippen molar-refractivity contribution in [2.24, 2.45) is 5.73 Å². The van der Waals surface area contributed by atoms with E-state index in [0.29, 0.717) is 5.56 Å². The molecule has 5 heteroatoms. The molecule has 2 aromatic carbocycles. The van der Waals surface area contributed by atoms with Crippen molar-refractivity contribution in [2.75, 3.05) is 14.2 Å². The third-order valence-corrected chi connectivity index (χ3v) is 6.38. The fraction of sp³-hybridized carbons (Fsp3) is 0.393. The molecule has 2 N–H and O–H groups in total. The first-order valence-electron chi connectivity index (χ1n) is 11.7. The topological polar surface area (TPSA) is 66.5 Å². The number of amides is 1. The summed E-state index contributed by atoms with van der Waals surface area (Å²) < 4.78 is 13.1. The first-order chi connectivity index (χ1) is 15.9. The molecule has 33 heavy (non-hydrogen) atoms. The summed E-state index contributed by atoms with van der Waals surface area (Å²) in [6.07, 6.45) is 5.10. The van der Waals surface area contributed by atoms with Crippen LogP contribution < -0.4 is 15.2 Å². The van der Waals surface area contributed by atoms with E-state index in [0.717, 1.165) is 78.1 Å². The second-order valence-corrected chi connectivity index (χ2v) is 8.51. The van der Waals surface area contributed by atoms with Crippen molar-refractivity contribution >= 4 is 5.91 Å². The van der Waals surface area contributed by atoms with Gasteiger partial charge < -0.3 is 19.8 Å². The van der Waals surface area contributed by atoms with Gasteiger partial charge in [0.2, 0.25) is 0 Å². The van der Waals surface area contributed by atoms with Gasteiger partial charge in [-0.15, -0.1) is 0 Å². The second kappa shape index (κ2) is 11.1. The lowest BCUT2D eigenvalue weighted by atomic mass is 9.94. The minimum absolute atomic E-state index is 0.368. The fourth-order valence-corrected chi connectivity index (χ4v) is 4.62. The number of unbranched alkanes of at least 4 members (excludes halogenated alkanes) is 2. The van der Waals surface area contributed by atoms with E-state index in [9.17, 15) is 4.79 Å². The van der Waals surface area contributed by atoms with Gasteiger partial charge in [0.05, 0.1) is 19.8 Å². The molecule has 176 valence electrons. The van der Waals surface area contributed by atoms with E-state index in [1.54, 1.807) is 14.2 Å². The molecule has 5 nitrogen and oxygen atoms in total. The SMILES string of the molecule is CCCCCc1c(-c2ccccc2C)c(C(N)=O)c(C)n1CCc1ccc(OC)c(OC)c1. The summed E-state index contributed by atoms with van der Waals surface area (Å²) in [6, 6.07) is 14.3. The summed E-state index contributed by atoms with van der Waals surface area (Å²) in [7, 11) is 3.29. The Bertz CT molecular complexity index is 1110. The average Bonchev–Trinajstić information content (AvgIpc) is 3.09. The lowest BCUT2D eigenvalue weighted by molar-refractivity contribution is 0.1000. The van der Waals surface area contributed by atoms with Gasteiger partial charge in [-0.2, -0.15) is 0 Å². The Labute approximate surface area is 197 Å². The van der Waals surface area contributed by atoms with E-state index in [-0.39, 0.29) is 5.91 Å². The number of primary amides is 1. The summed E-state index contributed by atoms with van der Waals surface area (Å²) in [5, 5.41) is 0. The van der Waals surface area contributed by atoms with Gasteiger partial charge >= 0.3 is 0 Å². The Balaban J connectivity index is 2.07. The Morgan fingerprint density at radius 3 is 2.33 bits per heavy atom. The lowest BCUT2D eigenvalue weighted by Crippen LogP contribution is -2.14. The number of benzene rings is 2. The molecule has 0 aliphatic carbocycles. The number of ether oxygens (including phenoxy) is 2. The third-order valence-electron chi connectivity index (χ3n) is 6.38. The fourth-order valence-electron chi connectivity index (χ4n) is 4.62. The van der Waals surface area contributed by atoms with Crippen LogP contribution in [-0.2, 0) is 19.4 Å². The molecule has 1 amide bonds. The highest BCUT2D eigenvalue weighted by atomic mass is 16.5. The number of carbonyl (C=O) groups excluding carboxylic acids is 1. The second-order valence-electron chi connectivity index (χ2n) is 8.51. The quantitative estimate of drug-likeness (QED) is 0.373. The van der Waals surface area contributed by atoms with Crippen LogP contribution in [0.4, 0.5) is 0 Å². The van der Waals surface area contributed by atoms with Crippen LogP contribution in [0.5, 0.6) is 11.5 Å². The van der Waals surface area contributed by atoms with Gasteiger partial charge in [0.15, 0.2) is 11.5 Å². The van der Waals surface area contributed by atoms with E-state index < -0.39 is 0 Å². The predicted molar refractivity (Wildman–Crippen MR) is 134 cm³/mol. The van der Waals surface area contributed by atoms with Crippen LogP contribution in [0.1, 0.15) is 59.1 Å². The zero-order valence-corrected chi connectivity index (χ0v) is 20.5. The molecule has 3 rings (SSSR count). The average molecular weight is 449 g/mol. The minimum atomic E-state index is -0.368. The number of aryl methyl sites for hydroxylation is 2. The van der Waals surface area contributed by atoms with Crippen molar-refractivity contribution in [3.8, 4) is 22.6 Å². The molecule has 0 saturated carbocycles. The third kappa shape index (κ3) is 5.24. The van der Waals surface area contributed by atoms with Gasteiger partial charge in [-0.1, -0.05) is 50.1 Å². The molecule has 0 bridgehead atoms. The molecule has 0 atom stereocenters. The van der Waals surface area contributed by atoms with Crippen LogP contribution in [0.2, 0.25) is 0 Å². The predicted octanol–water partition coefficient (Wildman–Crippen LogP) is 5.86. The molecule has 0 aliphatic heterocycles. The first kappa shape index (κ1) is 24.4. The van der Waals surface area contributed by atoms with E-state index in [1.165, 1.54) is 5.69 Å². The molecule has 0 fully saturated rings. The molecule has 1 heterocycles. The number of carbonyl (C=O) groups is 1. The molecule has 0 radical (unpaired) electrons. The standard InChI is InChI=1S/C28H36N2O3/c1-6-7-8-13-23-27(22-12-10-9-11-19(22)2)26(28(29)31)20(3)30(23)17-16-21-14-15-24(32-4)25(18-21)33-5/h9-12,14-15,18H,6-8,13,16-17H2,1-5H3,(H2,29,31). The number of nitrogens with zero attached hydrogens (tertiary/aromatic N) is 1. The van der Waals surface area contributed by atoms with E-state index in [1.807, 2.05) is 31.2 Å². The number of aromatic nitrogens is 1. The Kier molecular flexibility index (Phi) is 8.21. The number of rotatable bonds is 11. The molecule has 0 unspecified atom stereocenters. The molecule has 1 aromatic heterocycles. The zero-order chi connectivity index (χ0) is 24.0. The summed E-state index contributed by atoms with van der Waals surface area (Å²) >= 11 is 0. The molecule has 0 spiro atoms. The maximum Gasteiger partial charge on any atom is 0.251 e. The summed E-state index contributed by atoms with van der Waals surface area (Å²) in [5.41, 5.74) is 13.1. The van der Waals surface area contributed by atoms with Crippen molar-refractivity contribution in [3.63, 3.8) is 0 Å². The van der Waals surface area contributed by atoms with Crippen LogP contribution >= 0.6 is 0 Å². The monoisotopic (exact) mass is 448 g/mol. The summed E-state index contributed by atoms with van der Waals surface area (Å²) in [6.45, 7) is 7.07. The largest absolute Gasteiger partial charge is 0.493 e. The number of methoxy groups -OCH3 is 2. The van der Waals surface area contributed by atoms with Gasteiger partial charge in [-0.25, -0.2) is 0 Å². The Morgan fingerprint density at radius 1 is 0.970 bits per heavy atom. The minimum Gasteiger partial charge on any atom is -0.493 e. The highest BCUT2D eigenvalue weighted by molar-refractivity contribution is 6.02. The van der Waals surface area contributed by atoms with E-state index >= 15 is 0 Å². The van der Waals surface area contributed by atoms with Crippen molar-refractivity contribution in [3.05, 3.63) is 70.5 Å². The molecular weight excluding hydrogens is 412 g/mol. The van der Waals surface area contributed by atoms with Crippen molar-refractivity contribution in [2.45, 2.75) is 59.4 Å². The highest BCUT2D eigenvalue weighted by Crippen LogP contribution is 2.36. The van der Waals surface area contributed by atoms with E-state index in [4.69, 9.17) is 15.2 Å². The van der Waals surface area contributed by atoms with Crippen molar-refractivity contribution in [1.82, 2.24) is 4.57 Å². The van der Waals surface area contributed by atoms with Gasteiger partial charge in [-0.3, -0.25) is 4.79 Å². The van der Waals surface area contributed by atoms with Gasteiger partial charge in [-0.05, 0) is 61.9 Å². The normalized spacial score (nSPS) is 10.9. The lowest BCUT2D eigenvalue weighted by Gasteiger charge is -2.15. The van der Waals surface area contributed by atoms with Crippen molar-refractivity contribution < 1.29 is 14.3 Å². The molecular formula is C28H36N2O3. The Hall–Kier alpha value is -3.21. The van der Waals surface area contributed by atoms with E-state index in [2.05, 4.69) is 36.6 Å². The number of hydrogen-bond donors (Lipinski definition) is 1. The summed E-state index contributed by atoms with van der Waals surface area (Å²) in [5.74, 6) is 1.07. The zero-order valence-electron chi connectivity index (χ0n) is 20.5. The first-order valence-corrected chi connectivity index (χ1v) is 11.7. The Morgan fingerprint density at radius 2 is 1.70 bits per heavy atom. The van der Waals surface area contributed by atoms with Gasteiger partial charge in [0.1, 0.15) is 0 Å².